The van der Waals surface area contributed by atoms with Crippen molar-refractivity contribution in [3.05, 3.63) is 53.0 Å². The predicted molar refractivity (Wildman–Crippen MR) is 54.2 cm³/mol. The number of benzene rings is 1. The summed E-state index contributed by atoms with van der Waals surface area (Å²) in [5.41, 5.74) is 5.49. The molecule has 2 rings (SSSR count). The highest BCUT2D eigenvalue weighted by Crippen LogP contribution is 2.13. The van der Waals surface area contributed by atoms with Crippen molar-refractivity contribution >= 4 is 5.69 Å². The number of hydrogen-bond acceptors (Lipinski definition) is 3. The second-order valence-corrected chi connectivity index (χ2v) is 2.99. The third-order valence-corrected chi connectivity index (χ3v) is 1.99. The van der Waals surface area contributed by atoms with Crippen LogP contribution in [-0.4, -0.2) is 9.55 Å². The van der Waals surface area contributed by atoms with Gasteiger partial charge in [-0.2, -0.15) is 0 Å². The molecule has 0 spiro atoms. The molecule has 0 saturated heterocycles. The lowest BCUT2D eigenvalue weighted by Gasteiger charge is -2.05. The fourth-order valence-electron chi connectivity index (χ4n) is 1.23. The van der Waals surface area contributed by atoms with E-state index in [2.05, 4.69) is 4.98 Å². The maximum absolute atomic E-state index is 13.1. The van der Waals surface area contributed by atoms with Gasteiger partial charge in [-0.1, -0.05) is 0 Å². The Labute approximate surface area is 84.8 Å². The summed E-state index contributed by atoms with van der Waals surface area (Å²) in [5, 5.41) is 0. The number of hydrogen-bond donors (Lipinski definition) is 1. The largest absolute Gasteiger partial charge is 0.396 e. The minimum absolute atomic E-state index is 0.0563. The monoisotopic (exact) mass is 205 g/mol. The van der Waals surface area contributed by atoms with Crippen molar-refractivity contribution in [2.24, 2.45) is 0 Å². The molecule has 2 N–H and O–H groups in total. The fraction of sp³-hybridized carbons (Fsp3) is 0. The normalized spacial score (nSPS) is 10.2. The summed E-state index contributed by atoms with van der Waals surface area (Å²) < 4.78 is 14.4. The van der Waals surface area contributed by atoms with Crippen LogP contribution in [0.15, 0.2) is 41.6 Å². The number of nitrogens with zero attached hydrogens (tertiary/aromatic N) is 2. The van der Waals surface area contributed by atoms with Crippen molar-refractivity contribution in [2.75, 3.05) is 5.73 Å². The molecule has 1 aromatic heterocycles. The predicted octanol–water partition coefficient (Wildman–Crippen LogP) is 0.954. The van der Waals surface area contributed by atoms with Crippen LogP contribution < -0.4 is 11.3 Å². The molecule has 1 heterocycles. The Morgan fingerprint density at radius 1 is 1.40 bits per heavy atom. The van der Waals surface area contributed by atoms with Crippen molar-refractivity contribution in [3.8, 4) is 5.69 Å². The van der Waals surface area contributed by atoms with Gasteiger partial charge in [-0.3, -0.25) is 14.3 Å². The molecule has 0 atom stereocenters. The van der Waals surface area contributed by atoms with Crippen LogP contribution in [0.3, 0.4) is 0 Å². The first-order valence-corrected chi connectivity index (χ1v) is 4.26. The lowest BCUT2D eigenvalue weighted by atomic mass is 10.2. The van der Waals surface area contributed by atoms with Gasteiger partial charge in [0, 0.05) is 18.5 Å². The van der Waals surface area contributed by atoms with E-state index >= 15 is 0 Å². The van der Waals surface area contributed by atoms with Gasteiger partial charge in [0.1, 0.15) is 5.82 Å². The van der Waals surface area contributed by atoms with Crippen LogP contribution in [-0.2, 0) is 0 Å². The zero-order chi connectivity index (χ0) is 10.8. The van der Waals surface area contributed by atoms with Crippen molar-refractivity contribution in [1.29, 1.82) is 0 Å². The van der Waals surface area contributed by atoms with Gasteiger partial charge in [0.25, 0.3) is 5.56 Å². The van der Waals surface area contributed by atoms with Crippen LogP contribution in [0.25, 0.3) is 5.69 Å². The molecule has 15 heavy (non-hydrogen) atoms. The summed E-state index contributed by atoms with van der Waals surface area (Å²) >= 11 is 0. The van der Waals surface area contributed by atoms with Crippen molar-refractivity contribution < 1.29 is 4.39 Å². The molecule has 76 valence electrons. The molecule has 0 fully saturated rings. The van der Waals surface area contributed by atoms with E-state index in [0.717, 1.165) is 6.20 Å². The Balaban J connectivity index is 2.60. The SMILES string of the molecule is Nc1ccc(-n2ccncc2=O)cc1F. The molecule has 2 aromatic rings. The van der Waals surface area contributed by atoms with E-state index in [1.165, 1.54) is 29.1 Å². The average Bonchev–Trinajstić information content (AvgIpc) is 2.23. The first-order valence-electron chi connectivity index (χ1n) is 4.26. The quantitative estimate of drug-likeness (QED) is 0.705. The summed E-state index contributed by atoms with van der Waals surface area (Å²) in [7, 11) is 0. The van der Waals surface area contributed by atoms with Crippen LogP contribution in [0, 0.1) is 5.82 Å². The summed E-state index contributed by atoms with van der Waals surface area (Å²) in [6, 6.07) is 4.19. The van der Waals surface area contributed by atoms with Crippen LogP contribution >= 0.6 is 0 Å². The standard InChI is InChI=1S/C10H8FN3O/c11-8-5-7(1-2-9(8)12)14-4-3-13-6-10(14)15/h1-6H,12H2. The third-order valence-electron chi connectivity index (χ3n) is 1.99. The Kier molecular flexibility index (Phi) is 2.21. The first kappa shape index (κ1) is 9.39. The summed E-state index contributed by atoms with van der Waals surface area (Å²) in [4.78, 5) is 15.0. The van der Waals surface area contributed by atoms with Crippen LogP contribution in [0.2, 0.25) is 0 Å². The zero-order valence-corrected chi connectivity index (χ0v) is 7.72. The van der Waals surface area contributed by atoms with E-state index in [9.17, 15) is 9.18 Å². The molecule has 0 amide bonds. The minimum atomic E-state index is -0.545. The number of nitrogen functional groups attached to an aromatic ring is 1. The van der Waals surface area contributed by atoms with Gasteiger partial charge in [0.15, 0.2) is 0 Å². The smallest absolute Gasteiger partial charge is 0.273 e. The maximum atomic E-state index is 13.1. The second kappa shape index (κ2) is 3.53. The van der Waals surface area contributed by atoms with Crippen molar-refractivity contribution in [1.82, 2.24) is 9.55 Å². The molecular weight excluding hydrogens is 197 g/mol. The molecule has 5 heteroatoms. The molecule has 0 aliphatic heterocycles. The molecular formula is C10H8FN3O. The lowest BCUT2D eigenvalue weighted by Crippen LogP contribution is -2.16. The van der Waals surface area contributed by atoms with Crippen LogP contribution in [0.5, 0.6) is 0 Å². The molecule has 4 nitrogen and oxygen atoms in total. The molecule has 0 saturated carbocycles. The third kappa shape index (κ3) is 1.71. The van der Waals surface area contributed by atoms with E-state index < -0.39 is 5.82 Å². The summed E-state index contributed by atoms with van der Waals surface area (Å²) in [5.74, 6) is -0.545. The zero-order valence-electron chi connectivity index (χ0n) is 7.72. The highest BCUT2D eigenvalue weighted by atomic mass is 19.1. The first-order chi connectivity index (χ1) is 7.18. The molecule has 0 bridgehead atoms. The number of rotatable bonds is 1. The lowest BCUT2D eigenvalue weighted by molar-refractivity contribution is 0.631. The number of halogens is 1. The van der Waals surface area contributed by atoms with Crippen molar-refractivity contribution in [2.45, 2.75) is 0 Å². The van der Waals surface area contributed by atoms with E-state index in [4.69, 9.17) is 5.73 Å². The minimum Gasteiger partial charge on any atom is -0.396 e. The average molecular weight is 205 g/mol. The van der Waals surface area contributed by atoms with Gasteiger partial charge in [-0.05, 0) is 12.1 Å². The Hall–Kier alpha value is -2.17. The van der Waals surface area contributed by atoms with E-state index in [0.29, 0.717) is 5.69 Å². The van der Waals surface area contributed by atoms with E-state index in [1.807, 2.05) is 0 Å². The van der Waals surface area contributed by atoms with Gasteiger partial charge in [0.05, 0.1) is 17.6 Å². The van der Waals surface area contributed by atoms with Gasteiger partial charge in [-0.15, -0.1) is 0 Å². The highest BCUT2D eigenvalue weighted by molar-refractivity contribution is 5.46. The number of aromatic nitrogens is 2. The summed E-state index contributed by atoms with van der Waals surface area (Å²) in [6.45, 7) is 0. The number of nitrogens with two attached hydrogens (primary N) is 1. The van der Waals surface area contributed by atoms with E-state index in [-0.39, 0.29) is 11.2 Å². The Bertz CT molecular complexity index is 550. The van der Waals surface area contributed by atoms with Gasteiger partial charge in [-0.25, -0.2) is 4.39 Å². The van der Waals surface area contributed by atoms with Crippen LogP contribution in [0.4, 0.5) is 10.1 Å². The Morgan fingerprint density at radius 2 is 2.20 bits per heavy atom. The van der Waals surface area contributed by atoms with Gasteiger partial charge >= 0.3 is 0 Å². The topological polar surface area (TPSA) is 60.9 Å². The molecule has 0 aliphatic rings. The molecule has 0 radical (unpaired) electrons. The molecule has 0 unspecified atom stereocenters. The maximum Gasteiger partial charge on any atom is 0.273 e. The van der Waals surface area contributed by atoms with Crippen molar-refractivity contribution in [3.63, 3.8) is 0 Å². The molecule has 0 aliphatic carbocycles. The van der Waals surface area contributed by atoms with Gasteiger partial charge < -0.3 is 5.73 Å². The molecule has 1 aromatic carbocycles. The highest BCUT2D eigenvalue weighted by Gasteiger charge is 2.02. The fourth-order valence-corrected chi connectivity index (χ4v) is 1.23. The number of anilines is 1. The second-order valence-electron chi connectivity index (χ2n) is 2.99. The van der Waals surface area contributed by atoms with E-state index in [1.54, 1.807) is 6.07 Å². The van der Waals surface area contributed by atoms with Gasteiger partial charge in [0.2, 0.25) is 0 Å². The summed E-state index contributed by atoms with van der Waals surface area (Å²) in [6.07, 6.45) is 4.08. The van der Waals surface area contributed by atoms with Crippen LogP contribution in [0.1, 0.15) is 0 Å². The Morgan fingerprint density at radius 3 is 2.87 bits per heavy atom.